The topological polar surface area (TPSA) is 91.2 Å². The molecular formula is C22H31N3O4S. The summed E-state index contributed by atoms with van der Waals surface area (Å²) in [5.74, 6) is -0.00507. The van der Waals surface area contributed by atoms with Crippen LogP contribution in [0.1, 0.15) is 63.1 Å². The maximum atomic E-state index is 12.5. The zero-order chi connectivity index (χ0) is 21.7. The second kappa shape index (κ2) is 9.73. The molecule has 0 saturated heterocycles. The molecule has 1 aliphatic rings. The molecule has 8 heteroatoms. The van der Waals surface area contributed by atoms with Gasteiger partial charge in [-0.25, -0.2) is 8.42 Å². The van der Waals surface area contributed by atoms with Crippen molar-refractivity contribution >= 4 is 9.84 Å². The summed E-state index contributed by atoms with van der Waals surface area (Å²) in [5, 5.41) is 0. The van der Waals surface area contributed by atoms with Gasteiger partial charge in [-0.05, 0) is 51.2 Å². The van der Waals surface area contributed by atoms with E-state index in [4.69, 9.17) is 4.74 Å². The molecule has 0 unspecified atom stereocenters. The molecule has 2 heterocycles. The maximum absolute atomic E-state index is 12.5. The molecule has 164 valence electrons. The van der Waals surface area contributed by atoms with Crippen molar-refractivity contribution in [3.63, 3.8) is 0 Å². The van der Waals surface area contributed by atoms with E-state index in [9.17, 15) is 13.2 Å². The highest BCUT2D eigenvalue weighted by Gasteiger charge is 2.20. The van der Waals surface area contributed by atoms with Crippen LogP contribution in [0.3, 0.4) is 0 Å². The first kappa shape index (κ1) is 22.5. The van der Waals surface area contributed by atoms with Crippen LogP contribution < -0.4 is 10.3 Å². The normalized spacial score (nSPS) is 15.3. The minimum absolute atomic E-state index is 0.0559. The lowest BCUT2D eigenvalue weighted by Crippen LogP contribution is -2.21. The third-order valence-electron chi connectivity index (χ3n) is 5.42. The number of rotatable bonds is 8. The van der Waals surface area contributed by atoms with Crippen LogP contribution in [0.2, 0.25) is 0 Å². The van der Waals surface area contributed by atoms with Gasteiger partial charge in [-0.1, -0.05) is 19.8 Å². The Hall–Kier alpha value is -2.22. The van der Waals surface area contributed by atoms with Gasteiger partial charge in [-0.3, -0.25) is 4.79 Å². The quantitative estimate of drug-likeness (QED) is 0.632. The molecule has 0 bridgehead atoms. The van der Waals surface area contributed by atoms with Crippen LogP contribution in [-0.2, 0) is 22.6 Å². The second-order valence-corrected chi connectivity index (χ2v) is 10.4. The molecule has 0 aliphatic heterocycles. The first-order valence-electron chi connectivity index (χ1n) is 10.7. The Morgan fingerprint density at radius 3 is 2.57 bits per heavy atom. The van der Waals surface area contributed by atoms with Gasteiger partial charge in [0.1, 0.15) is 6.10 Å². The van der Waals surface area contributed by atoms with Gasteiger partial charge in [0.2, 0.25) is 0 Å². The summed E-state index contributed by atoms with van der Waals surface area (Å²) in [5.41, 5.74) is 2.25. The minimum Gasteiger partial charge on any atom is -0.460 e. The van der Waals surface area contributed by atoms with Crippen LogP contribution in [0.4, 0.5) is 0 Å². The van der Waals surface area contributed by atoms with Gasteiger partial charge in [0.15, 0.2) is 9.84 Å². The van der Waals surface area contributed by atoms with Crippen LogP contribution >= 0.6 is 0 Å². The zero-order valence-electron chi connectivity index (χ0n) is 18.1. The highest BCUT2D eigenvalue weighted by Crippen LogP contribution is 2.25. The number of ether oxygens (including phenoxy) is 1. The Balaban J connectivity index is 1.98. The molecule has 1 fully saturated rings. The molecule has 1 saturated carbocycles. The van der Waals surface area contributed by atoms with Gasteiger partial charge in [0.25, 0.3) is 5.56 Å². The summed E-state index contributed by atoms with van der Waals surface area (Å²) in [6.07, 6.45) is 8.56. The number of sulfone groups is 1. The van der Waals surface area contributed by atoms with Crippen LogP contribution in [0.25, 0.3) is 11.3 Å². The highest BCUT2D eigenvalue weighted by molar-refractivity contribution is 7.90. The second-order valence-electron chi connectivity index (χ2n) is 8.18. The Labute approximate surface area is 178 Å². The fraction of sp³-hybridized carbons (Fsp3) is 0.591. The third-order valence-corrected chi connectivity index (χ3v) is 7.06. The summed E-state index contributed by atoms with van der Waals surface area (Å²) in [7, 11) is -1.58. The molecule has 2 aromatic rings. The van der Waals surface area contributed by atoms with Crippen molar-refractivity contribution in [2.24, 2.45) is 7.05 Å². The summed E-state index contributed by atoms with van der Waals surface area (Å²) in [6, 6.07) is 3.67. The van der Waals surface area contributed by atoms with Gasteiger partial charge in [0, 0.05) is 24.4 Å². The molecule has 7 nitrogen and oxygen atoms in total. The van der Waals surface area contributed by atoms with Gasteiger partial charge in [-0.15, -0.1) is 0 Å². The lowest BCUT2D eigenvalue weighted by Gasteiger charge is -2.22. The fourth-order valence-electron chi connectivity index (χ4n) is 3.76. The van der Waals surface area contributed by atoms with E-state index < -0.39 is 9.84 Å². The lowest BCUT2D eigenvalue weighted by molar-refractivity contribution is 0.141. The molecule has 3 rings (SSSR count). The molecule has 1 aliphatic carbocycles. The van der Waals surface area contributed by atoms with E-state index in [1.807, 2.05) is 6.92 Å². The van der Waals surface area contributed by atoms with Crippen molar-refractivity contribution in [3.8, 4) is 17.3 Å². The third kappa shape index (κ3) is 5.90. The van der Waals surface area contributed by atoms with E-state index in [1.54, 1.807) is 32.3 Å². The largest absolute Gasteiger partial charge is 0.460 e. The summed E-state index contributed by atoms with van der Waals surface area (Å²) in [6.45, 7) is 3.72. The highest BCUT2D eigenvalue weighted by atomic mass is 32.2. The molecule has 0 spiro atoms. The minimum atomic E-state index is -3.27. The lowest BCUT2D eigenvalue weighted by atomic mass is 9.98. The predicted octanol–water partition coefficient (Wildman–Crippen LogP) is 3.58. The number of aryl methyl sites for hydroxylation is 2. The van der Waals surface area contributed by atoms with Crippen molar-refractivity contribution in [1.82, 2.24) is 14.5 Å². The molecule has 0 aromatic carbocycles. The molecular weight excluding hydrogens is 402 g/mol. The molecule has 30 heavy (non-hydrogen) atoms. The van der Waals surface area contributed by atoms with Crippen LogP contribution in [0, 0.1) is 6.92 Å². The maximum Gasteiger partial charge on any atom is 0.317 e. The summed E-state index contributed by atoms with van der Waals surface area (Å²) >= 11 is 0. The Morgan fingerprint density at radius 1 is 1.17 bits per heavy atom. The number of hydrogen-bond acceptors (Lipinski definition) is 6. The molecule has 0 radical (unpaired) electrons. The summed E-state index contributed by atoms with van der Waals surface area (Å²) < 4.78 is 32.6. The van der Waals surface area contributed by atoms with Crippen molar-refractivity contribution < 1.29 is 13.2 Å². The fourth-order valence-corrected chi connectivity index (χ4v) is 5.23. The Kier molecular flexibility index (Phi) is 7.28. The van der Waals surface area contributed by atoms with E-state index >= 15 is 0 Å². The van der Waals surface area contributed by atoms with Crippen molar-refractivity contribution in [2.45, 2.75) is 70.7 Å². The van der Waals surface area contributed by atoms with Crippen LogP contribution in [0.15, 0.2) is 23.1 Å². The van der Waals surface area contributed by atoms with E-state index in [2.05, 4.69) is 9.97 Å². The van der Waals surface area contributed by atoms with Crippen molar-refractivity contribution in [1.29, 1.82) is 0 Å². The average Bonchev–Trinajstić information content (AvgIpc) is 2.70. The summed E-state index contributed by atoms with van der Waals surface area (Å²) in [4.78, 5) is 21.0. The van der Waals surface area contributed by atoms with Gasteiger partial charge in [-0.2, -0.15) is 9.97 Å². The first-order chi connectivity index (χ1) is 14.3. The number of hydrogen-bond donors (Lipinski definition) is 0. The molecule has 0 atom stereocenters. The molecule has 0 amide bonds. The number of pyridine rings is 1. The van der Waals surface area contributed by atoms with Crippen molar-refractivity contribution in [3.05, 3.63) is 39.9 Å². The average molecular weight is 434 g/mol. The van der Waals surface area contributed by atoms with Crippen molar-refractivity contribution in [2.75, 3.05) is 5.75 Å². The number of nitrogens with zero attached hydrogens (tertiary/aromatic N) is 3. The SMILES string of the molecule is CCCCS(=O)(=O)Cc1cc(-c2cc(C)c(=O)n(C)c2)nc(OC2CCCCC2)n1. The van der Waals surface area contributed by atoms with E-state index in [0.717, 1.165) is 37.7 Å². The number of unbranched alkanes of at least 4 members (excludes halogenated alkanes) is 1. The van der Waals surface area contributed by atoms with Gasteiger partial charge < -0.3 is 9.30 Å². The standard InChI is InChI=1S/C22H31N3O4S/c1-4-5-11-30(27,28)15-18-13-20(17-12-16(2)21(26)25(3)14-17)24-22(23-18)29-19-9-7-6-8-10-19/h12-14,19H,4-11,15H2,1-3H3. The molecule has 2 aromatic heterocycles. The monoisotopic (exact) mass is 433 g/mol. The Morgan fingerprint density at radius 2 is 1.90 bits per heavy atom. The number of aromatic nitrogens is 3. The first-order valence-corrected chi connectivity index (χ1v) is 12.5. The van der Waals surface area contributed by atoms with Gasteiger partial charge in [0.05, 0.1) is 22.9 Å². The smallest absolute Gasteiger partial charge is 0.317 e. The van der Waals surface area contributed by atoms with Crippen LogP contribution in [-0.4, -0.2) is 34.8 Å². The van der Waals surface area contributed by atoms with Crippen LogP contribution in [0.5, 0.6) is 6.01 Å². The van der Waals surface area contributed by atoms with E-state index in [1.165, 1.54) is 11.0 Å². The predicted molar refractivity (Wildman–Crippen MR) is 117 cm³/mol. The van der Waals surface area contributed by atoms with E-state index in [-0.39, 0.29) is 29.2 Å². The zero-order valence-corrected chi connectivity index (χ0v) is 18.9. The Bertz CT molecular complexity index is 1010. The molecule has 0 N–H and O–H groups in total. The van der Waals surface area contributed by atoms with E-state index in [0.29, 0.717) is 23.4 Å². The van der Waals surface area contributed by atoms with Gasteiger partial charge >= 0.3 is 6.01 Å².